The van der Waals surface area contributed by atoms with E-state index in [1.54, 1.807) is 54.6 Å². The zero-order valence-corrected chi connectivity index (χ0v) is 26.8. The summed E-state index contributed by atoms with van der Waals surface area (Å²) in [6, 6.07) is 22.1. The summed E-state index contributed by atoms with van der Waals surface area (Å²) >= 11 is 0. The molecule has 2 amide bonds. The van der Waals surface area contributed by atoms with Gasteiger partial charge in [0.25, 0.3) is 21.8 Å². The number of carbonyl (C=O) groups is 3. The lowest BCUT2D eigenvalue weighted by molar-refractivity contribution is 0.0641. The van der Waals surface area contributed by atoms with Crippen molar-refractivity contribution in [2.24, 2.45) is 5.92 Å². The molecule has 0 aromatic heterocycles. The Kier molecular flexibility index (Phi) is 8.83. The zero-order chi connectivity index (χ0) is 33.3. The summed E-state index contributed by atoms with van der Waals surface area (Å²) in [5, 5.41) is 0. The van der Waals surface area contributed by atoms with Crippen molar-refractivity contribution < 1.29 is 31.9 Å². The third-order valence-electron chi connectivity index (χ3n) is 8.84. The van der Waals surface area contributed by atoms with E-state index < -0.39 is 27.7 Å². The molecule has 47 heavy (non-hydrogen) atoms. The van der Waals surface area contributed by atoms with E-state index >= 15 is 0 Å². The van der Waals surface area contributed by atoms with Gasteiger partial charge in [0.2, 0.25) is 0 Å². The summed E-state index contributed by atoms with van der Waals surface area (Å²) < 4.78 is 49.4. The van der Waals surface area contributed by atoms with Crippen LogP contribution in [0, 0.1) is 11.7 Å². The number of hydrogen-bond acceptors (Lipinski definition) is 7. The van der Waals surface area contributed by atoms with Crippen molar-refractivity contribution in [3.63, 3.8) is 0 Å². The first-order chi connectivity index (χ1) is 22.6. The summed E-state index contributed by atoms with van der Waals surface area (Å²) in [5.41, 5.74) is 3.17. The van der Waals surface area contributed by atoms with Gasteiger partial charge in [-0.1, -0.05) is 37.3 Å². The number of methoxy groups -OCH3 is 1. The summed E-state index contributed by atoms with van der Waals surface area (Å²) in [6.07, 6.45) is 1.31. The standard InChI is InChI=1S/C36H34FN3O6S/c1-3-27-32(47(44,45)38-30-10-6-7-11-31(30)46-2)17-14-25(22-40-35(42)28-8-4-5-9-29(28)36(40)43)33(27)39-20-18-24(19-21-39)34(41)23-12-15-26(37)16-13-23/h4-17,24,38H,3,18-22H2,1-2H3. The van der Waals surface area contributed by atoms with Gasteiger partial charge in [0.15, 0.2) is 5.78 Å². The van der Waals surface area contributed by atoms with Crippen molar-refractivity contribution in [3.8, 4) is 5.75 Å². The van der Waals surface area contributed by atoms with Gasteiger partial charge in [-0.2, -0.15) is 0 Å². The minimum absolute atomic E-state index is 0.0522. The second kappa shape index (κ2) is 13.0. The Morgan fingerprint density at radius 2 is 1.51 bits per heavy atom. The van der Waals surface area contributed by atoms with Crippen LogP contribution < -0.4 is 14.4 Å². The maximum atomic E-state index is 13.9. The Bertz CT molecular complexity index is 1940. The van der Waals surface area contributed by atoms with Gasteiger partial charge in [0, 0.05) is 30.3 Å². The number of ketones is 1. The number of halogens is 1. The largest absolute Gasteiger partial charge is 0.495 e. The maximum absolute atomic E-state index is 13.9. The molecule has 0 spiro atoms. The first-order valence-electron chi connectivity index (χ1n) is 15.4. The van der Waals surface area contributed by atoms with Crippen LogP contribution in [0.4, 0.5) is 15.8 Å². The number of carbonyl (C=O) groups excluding carboxylic acids is 3. The highest BCUT2D eigenvalue weighted by molar-refractivity contribution is 7.92. The van der Waals surface area contributed by atoms with Gasteiger partial charge < -0.3 is 9.64 Å². The van der Waals surface area contributed by atoms with Crippen LogP contribution in [0.2, 0.25) is 0 Å². The Morgan fingerprint density at radius 1 is 0.894 bits per heavy atom. The molecular formula is C36H34FN3O6S. The molecule has 11 heteroatoms. The molecule has 0 aliphatic carbocycles. The Balaban J connectivity index is 1.36. The molecule has 0 saturated carbocycles. The second-order valence-electron chi connectivity index (χ2n) is 11.6. The quantitative estimate of drug-likeness (QED) is 0.163. The Hall–Kier alpha value is -5.03. The molecule has 0 unspecified atom stereocenters. The fraction of sp³-hybridized carbons (Fsp3) is 0.250. The zero-order valence-electron chi connectivity index (χ0n) is 26.0. The average molecular weight is 656 g/mol. The van der Waals surface area contributed by atoms with Crippen LogP contribution in [-0.4, -0.2) is 51.1 Å². The van der Waals surface area contributed by atoms with E-state index in [0.717, 1.165) is 0 Å². The topological polar surface area (TPSA) is 113 Å². The van der Waals surface area contributed by atoms with Crippen molar-refractivity contribution in [1.29, 1.82) is 0 Å². The van der Waals surface area contributed by atoms with E-state index in [0.29, 0.717) is 71.6 Å². The van der Waals surface area contributed by atoms with Gasteiger partial charge >= 0.3 is 0 Å². The number of anilines is 2. The van der Waals surface area contributed by atoms with Gasteiger partial charge in [-0.3, -0.25) is 24.0 Å². The van der Waals surface area contributed by atoms with Crippen LogP contribution in [-0.2, 0) is 23.0 Å². The highest BCUT2D eigenvalue weighted by Gasteiger charge is 2.37. The number of benzene rings is 4. The lowest BCUT2D eigenvalue weighted by atomic mass is 9.88. The van der Waals surface area contributed by atoms with Crippen molar-refractivity contribution in [1.82, 2.24) is 4.90 Å². The fourth-order valence-corrected chi connectivity index (χ4v) is 7.86. The maximum Gasteiger partial charge on any atom is 0.262 e. The van der Waals surface area contributed by atoms with Crippen molar-refractivity contribution >= 4 is 39.0 Å². The lowest BCUT2D eigenvalue weighted by Gasteiger charge is -2.36. The molecule has 0 radical (unpaired) electrons. The number of sulfonamides is 1. The third kappa shape index (κ3) is 6.10. The number of imide groups is 1. The molecular weight excluding hydrogens is 621 g/mol. The number of nitrogens with one attached hydrogen (secondary N) is 1. The highest BCUT2D eigenvalue weighted by Crippen LogP contribution is 2.38. The summed E-state index contributed by atoms with van der Waals surface area (Å²) in [4.78, 5) is 43.2. The fourth-order valence-electron chi connectivity index (χ4n) is 6.48. The normalized spacial score (nSPS) is 15.1. The van der Waals surface area contributed by atoms with Crippen LogP contribution >= 0.6 is 0 Å². The second-order valence-corrected chi connectivity index (χ2v) is 13.2. The smallest absolute Gasteiger partial charge is 0.262 e. The molecule has 1 fully saturated rings. The predicted octanol–water partition coefficient (Wildman–Crippen LogP) is 6.09. The highest BCUT2D eigenvalue weighted by atomic mass is 32.2. The van der Waals surface area contributed by atoms with E-state index in [-0.39, 0.29) is 28.8 Å². The number of para-hydroxylation sites is 2. The molecule has 2 aliphatic heterocycles. The Morgan fingerprint density at radius 3 is 2.13 bits per heavy atom. The number of hydrogen-bond donors (Lipinski definition) is 1. The first-order valence-corrected chi connectivity index (χ1v) is 16.9. The van der Waals surface area contributed by atoms with Gasteiger partial charge in [-0.05, 0) is 85.0 Å². The van der Waals surface area contributed by atoms with E-state index in [1.165, 1.54) is 42.3 Å². The van der Waals surface area contributed by atoms with Crippen LogP contribution in [0.15, 0.2) is 89.8 Å². The SMILES string of the molecule is CCc1c(S(=O)(=O)Nc2ccccc2OC)ccc(CN2C(=O)c3ccccc3C2=O)c1N1CCC(C(=O)c2ccc(F)cc2)CC1. The summed E-state index contributed by atoms with van der Waals surface area (Å²) in [6.45, 7) is 2.67. The Labute approximate surface area is 273 Å². The number of piperidine rings is 1. The van der Waals surface area contributed by atoms with Crippen LogP contribution in [0.25, 0.3) is 0 Å². The van der Waals surface area contributed by atoms with Crippen molar-refractivity contribution in [3.05, 3.63) is 119 Å². The number of fused-ring (bicyclic) bond motifs is 1. The lowest BCUT2D eigenvalue weighted by Crippen LogP contribution is -2.38. The van der Waals surface area contributed by atoms with Crippen molar-refractivity contribution in [2.45, 2.75) is 37.6 Å². The van der Waals surface area contributed by atoms with E-state index in [1.807, 2.05) is 11.8 Å². The first kappa shape index (κ1) is 31.9. The minimum Gasteiger partial charge on any atom is -0.495 e. The monoisotopic (exact) mass is 655 g/mol. The summed E-state index contributed by atoms with van der Waals surface area (Å²) in [5.74, 6) is -1.22. The third-order valence-corrected chi connectivity index (χ3v) is 10.3. The average Bonchev–Trinajstić information content (AvgIpc) is 3.32. The van der Waals surface area contributed by atoms with Crippen LogP contribution in [0.5, 0.6) is 5.75 Å². The molecule has 2 aliphatic rings. The molecule has 1 saturated heterocycles. The number of Topliss-reactive ketones (excluding diaryl/α,β-unsaturated/α-hetero) is 1. The van der Waals surface area contributed by atoms with Crippen LogP contribution in [0.3, 0.4) is 0 Å². The molecule has 0 atom stereocenters. The number of nitrogens with zero attached hydrogens (tertiary/aromatic N) is 2. The molecule has 6 rings (SSSR count). The van der Waals surface area contributed by atoms with Crippen LogP contribution in [0.1, 0.15) is 62.0 Å². The van der Waals surface area contributed by atoms with Gasteiger partial charge in [-0.15, -0.1) is 0 Å². The molecule has 4 aromatic rings. The van der Waals surface area contributed by atoms with Gasteiger partial charge in [0.05, 0.1) is 35.4 Å². The number of ether oxygens (including phenoxy) is 1. The van der Waals surface area contributed by atoms with Gasteiger partial charge in [0.1, 0.15) is 11.6 Å². The van der Waals surface area contributed by atoms with E-state index in [9.17, 15) is 27.2 Å². The minimum atomic E-state index is -4.11. The molecule has 0 bridgehead atoms. The molecule has 242 valence electrons. The number of amides is 2. The molecule has 4 aromatic carbocycles. The molecule has 9 nitrogen and oxygen atoms in total. The summed E-state index contributed by atoms with van der Waals surface area (Å²) in [7, 11) is -2.65. The molecule has 2 heterocycles. The molecule has 1 N–H and O–H groups in total. The van der Waals surface area contributed by atoms with Gasteiger partial charge in [-0.25, -0.2) is 12.8 Å². The van der Waals surface area contributed by atoms with Crippen molar-refractivity contribution in [2.75, 3.05) is 29.8 Å². The van der Waals surface area contributed by atoms with E-state index in [2.05, 4.69) is 4.72 Å². The predicted molar refractivity (Wildman–Crippen MR) is 176 cm³/mol. The number of rotatable bonds is 10. The van der Waals surface area contributed by atoms with E-state index in [4.69, 9.17) is 4.74 Å².